The number of amidine groups is 1. The summed E-state index contributed by atoms with van der Waals surface area (Å²) in [5.74, 6) is 0. The number of pyridine rings is 1. The van der Waals surface area contributed by atoms with Crippen LogP contribution in [0.2, 0.25) is 0 Å². The lowest BCUT2D eigenvalue weighted by Gasteiger charge is -2.09. The SMILES string of the molecule is CN(C)C(Sc1cccc[n+]1[O-])=[N+](C)C.FB(F)F.[F-]. The average molecular weight is 313 g/mol. The summed E-state index contributed by atoms with van der Waals surface area (Å²) in [6.07, 6.45) is 1.51. The van der Waals surface area contributed by atoms with Gasteiger partial charge in [0.25, 0.3) is 5.03 Å². The van der Waals surface area contributed by atoms with Crippen molar-refractivity contribution in [3.8, 4) is 0 Å². The van der Waals surface area contributed by atoms with E-state index in [9.17, 15) is 18.2 Å². The van der Waals surface area contributed by atoms with E-state index in [0.29, 0.717) is 5.03 Å². The van der Waals surface area contributed by atoms with Crippen LogP contribution in [0.15, 0.2) is 29.4 Å². The van der Waals surface area contributed by atoms with Crippen molar-refractivity contribution in [3.05, 3.63) is 29.6 Å². The molecule has 0 fully saturated rings. The lowest BCUT2D eigenvalue weighted by Crippen LogP contribution is -3.00. The molecule has 0 saturated heterocycles. The largest absolute Gasteiger partial charge is 1.00 e. The van der Waals surface area contributed by atoms with Gasteiger partial charge in [0.2, 0.25) is 0 Å². The van der Waals surface area contributed by atoms with Crippen LogP contribution < -0.4 is 9.43 Å². The van der Waals surface area contributed by atoms with Crippen molar-refractivity contribution in [2.24, 2.45) is 0 Å². The van der Waals surface area contributed by atoms with Crippen molar-refractivity contribution < 1.29 is 27.0 Å². The van der Waals surface area contributed by atoms with E-state index < -0.39 is 7.54 Å². The van der Waals surface area contributed by atoms with Crippen LogP contribution in [-0.2, 0) is 0 Å². The molecule has 0 aliphatic rings. The van der Waals surface area contributed by atoms with Gasteiger partial charge in [0, 0.05) is 12.1 Å². The Morgan fingerprint density at radius 1 is 1.30 bits per heavy atom. The number of thioether (sulfide) groups is 1. The third-order valence-electron chi connectivity index (χ3n) is 1.75. The van der Waals surface area contributed by atoms with Crippen LogP contribution >= 0.6 is 11.8 Å². The summed E-state index contributed by atoms with van der Waals surface area (Å²) in [5, 5.41) is 13.1. The Hall–Kier alpha value is -1.45. The van der Waals surface area contributed by atoms with Crippen molar-refractivity contribution in [1.29, 1.82) is 0 Å². The highest BCUT2D eigenvalue weighted by Gasteiger charge is 2.18. The van der Waals surface area contributed by atoms with Gasteiger partial charge in [-0.25, -0.2) is 0 Å². The van der Waals surface area contributed by atoms with Crippen LogP contribution in [0.4, 0.5) is 12.9 Å². The number of rotatable bonds is 1. The van der Waals surface area contributed by atoms with Gasteiger partial charge in [0.15, 0.2) is 6.20 Å². The van der Waals surface area contributed by atoms with Gasteiger partial charge in [-0.1, -0.05) is 0 Å². The first-order chi connectivity index (χ1) is 8.75. The second kappa shape index (κ2) is 10.4. The molecule has 0 unspecified atom stereocenters. The van der Waals surface area contributed by atoms with Crippen molar-refractivity contribution in [1.82, 2.24) is 4.90 Å². The van der Waals surface area contributed by atoms with E-state index in [4.69, 9.17) is 0 Å². The second-order valence-electron chi connectivity index (χ2n) is 3.79. The lowest BCUT2D eigenvalue weighted by molar-refractivity contribution is -0.645. The fraction of sp³-hybridized carbons (Fsp3) is 0.400. The third-order valence-corrected chi connectivity index (χ3v) is 3.19. The number of hydrogen-bond acceptors (Lipinski definition) is 2. The van der Waals surface area contributed by atoms with E-state index in [0.717, 1.165) is 9.90 Å². The third kappa shape index (κ3) is 8.62. The first kappa shape index (κ1) is 20.9. The van der Waals surface area contributed by atoms with E-state index >= 15 is 0 Å². The molecule has 1 aromatic heterocycles. The van der Waals surface area contributed by atoms with Crippen LogP contribution in [0.3, 0.4) is 0 Å². The van der Waals surface area contributed by atoms with E-state index in [1.807, 2.05) is 49.8 Å². The maximum Gasteiger partial charge on any atom is 0.762 e. The molecule has 10 heteroatoms. The van der Waals surface area contributed by atoms with Crippen molar-refractivity contribution in [2.45, 2.75) is 5.03 Å². The van der Waals surface area contributed by atoms with Gasteiger partial charge >= 0.3 is 12.7 Å². The predicted molar refractivity (Wildman–Crippen MR) is 71.1 cm³/mol. The quantitative estimate of drug-likeness (QED) is 0.120. The number of nitrogens with zero attached hydrogens (tertiary/aromatic N) is 3. The topological polar surface area (TPSA) is 33.2 Å². The average Bonchev–Trinajstić information content (AvgIpc) is 2.26. The lowest BCUT2D eigenvalue weighted by atomic mass is 10.5. The predicted octanol–water partition coefficient (Wildman–Crippen LogP) is -1.51. The standard InChI is InChI=1S/C10H16N3OS.BF3.FH/c1-11(2)10(12(3)4)15-9-7-5-6-8-13(9)14;2-1(3)4;/h5-8H,1-4H3;;1H/q+1;;/p-1. The Kier molecular flexibility index (Phi) is 10.8. The van der Waals surface area contributed by atoms with Crippen molar-refractivity contribution >= 4 is 24.5 Å². The van der Waals surface area contributed by atoms with Gasteiger partial charge in [0.05, 0.1) is 40.0 Å². The zero-order chi connectivity index (χ0) is 15.0. The highest BCUT2D eigenvalue weighted by molar-refractivity contribution is 8.13. The van der Waals surface area contributed by atoms with Gasteiger partial charge in [-0.2, -0.15) is 4.73 Å². The minimum absolute atomic E-state index is 0. The molecule has 1 aromatic rings. The molecule has 20 heavy (non-hydrogen) atoms. The van der Waals surface area contributed by atoms with Gasteiger partial charge in [-0.15, -0.1) is 0 Å². The summed E-state index contributed by atoms with van der Waals surface area (Å²) in [6, 6.07) is 5.40. The molecule has 0 atom stereocenters. The first-order valence-electron chi connectivity index (χ1n) is 5.25. The molecule has 114 valence electrons. The molecule has 0 amide bonds. The van der Waals surface area contributed by atoms with Crippen molar-refractivity contribution in [3.63, 3.8) is 0 Å². The van der Waals surface area contributed by atoms with Gasteiger partial charge in [-0.05, 0) is 6.07 Å². The second-order valence-corrected chi connectivity index (χ2v) is 4.77. The fourth-order valence-electron chi connectivity index (χ4n) is 1.17. The number of hydrogen-bond donors (Lipinski definition) is 0. The number of aromatic nitrogens is 1. The maximum absolute atomic E-state index is 11.4. The molecule has 0 spiro atoms. The molecular weight excluding hydrogens is 297 g/mol. The Bertz CT molecular complexity index is 428. The van der Waals surface area contributed by atoms with Gasteiger partial charge in [0.1, 0.15) is 0 Å². The molecule has 0 radical (unpaired) electrons. The molecule has 0 saturated carbocycles. The molecular formula is C10H16BF4N3OS. The smallest absolute Gasteiger partial charge is 0.762 e. The van der Waals surface area contributed by atoms with E-state index in [-0.39, 0.29) is 4.70 Å². The summed E-state index contributed by atoms with van der Waals surface area (Å²) in [5.41, 5.74) is 0. The minimum atomic E-state index is -3.67. The Morgan fingerprint density at radius 2 is 1.80 bits per heavy atom. The molecule has 1 heterocycles. The van der Waals surface area contributed by atoms with Crippen LogP contribution in [0, 0.1) is 5.21 Å². The zero-order valence-electron chi connectivity index (χ0n) is 11.6. The Labute approximate surface area is 120 Å². The summed E-state index contributed by atoms with van der Waals surface area (Å²) in [4.78, 5) is 1.98. The van der Waals surface area contributed by atoms with E-state index in [1.165, 1.54) is 18.0 Å². The van der Waals surface area contributed by atoms with Gasteiger partial charge in [-0.3, -0.25) is 22.4 Å². The Morgan fingerprint density at radius 3 is 2.15 bits per heavy atom. The monoisotopic (exact) mass is 313 g/mol. The summed E-state index contributed by atoms with van der Waals surface area (Å²) in [7, 11) is 4.17. The first-order valence-corrected chi connectivity index (χ1v) is 6.07. The molecule has 0 aromatic carbocycles. The highest BCUT2D eigenvalue weighted by Crippen LogP contribution is 2.15. The van der Waals surface area contributed by atoms with Crippen LogP contribution in [0.1, 0.15) is 0 Å². The Balaban J connectivity index is 0. The molecule has 1 rings (SSSR count). The summed E-state index contributed by atoms with van der Waals surface area (Å²) < 4.78 is 31.9. The fourth-order valence-corrected chi connectivity index (χ4v) is 2.02. The van der Waals surface area contributed by atoms with Crippen LogP contribution in [0.5, 0.6) is 0 Å². The van der Waals surface area contributed by atoms with Crippen molar-refractivity contribution in [2.75, 3.05) is 28.2 Å². The molecule has 0 bridgehead atoms. The summed E-state index contributed by atoms with van der Waals surface area (Å²) in [6.45, 7) is 0. The number of halogens is 4. The maximum atomic E-state index is 11.4. The molecule has 4 nitrogen and oxygen atoms in total. The minimum Gasteiger partial charge on any atom is -1.00 e. The normalized spacial score (nSPS) is 8.75. The van der Waals surface area contributed by atoms with Crippen LogP contribution in [-0.4, -0.2) is 50.4 Å². The van der Waals surface area contributed by atoms with E-state index in [2.05, 4.69) is 0 Å². The molecule has 0 N–H and O–H groups in total. The zero-order valence-corrected chi connectivity index (χ0v) is 12.4. The summed E-state index contributed by atoms with van der Waals surface area (Å²) >= 11 is 1.45. The van der Waals surface area contributed by atoms with E-state index in [1.54, 1.807) is 6.07 Å². The molecule has 0 aliphatic carbocycles. The van der Waals surface area contributed by atoms with Crippen LogP contribution in [0.25, 0.3) is 0 Å². The highest BCUT2D eigenvalue weighted by atomic mass is 32.2. The molecule has 0 aliphatic heterocycles. The van der Waals surface area contributed by atoms with Gasteiger partial charge < -0.3 is 9.91 Å².